The molecule has 10 rings (SSSR count). The fraction of sp³-hybridized carbons (Fsp3) is 0. The molecule has 0 saturated heterocycles. The second-order valence-corrected chi connectivity index (χ2v) is 11.2. The zero-order chi connectivity index (χ0) is 26.7. The molecule has 0 N–H and O–H groups in total. The lowest BCUT2D eigenvalue weighted by Gasteiger charge is -2.20. The first-order valence-electron chi connectivity index (χ1n) is 14.2. The van der Waals surface area contributed by atoms with Gasteiger partial charge in [-0.25, -0.2) is 0 Å². The standard InChI is InChI=1S/C40H22O/c1-2-9-23(10-3-1)34-26-12-4-6-14-28(26)37(29-15-7-5-13-27(29)34)31-20-22-33-40-38(31)30-16-8-11-24-17-18-25-19-21-32(41-33)39(40)36(25)35(24)30/h1-22H. The van der Waals surface area contributed by atoms with E-state index >= 15 is 0 Å². The van der Waals surface area contributed by atoms with Gasteiger partial charge in [0.25, 0.3) is 0 Å². The van der Waals surface area contributed by atoms with E-state index in [0.717, 1.165) is 11.2 Å². The Morgan fingerprint density at radius 2 is 0.854 bits per heavy atom. The SMILES string of the molecule is c1ccc(-c2c3ccccc3c(-c3ccc4oc5ccc6ccc7cccc8c3c4c5c6c78)c3ccccc23)cc1. The van der Waals surface area contributed by atoms with Crippen LogP contribution in [0.5, 0.6) is 0 Å². The molecule has 188 valence electrons. The molecule has 1 heteroatoms. The average molecular weight is 519 g/mol. The average Bonchev–Trinajstić information content (AvgIpc) is 3.42. The highest BCUT2D eigenvalue weighted by atomic mass is 16.3. The monoisotopic (exact) mass is 518 g/mol. The van der Waals surface area contributed by atoms with Crippen molar-refractivity contribution in [2.45, 2.75) is 0 Å². The molecule has 0 fully saturated rings. The van der Waals surface area contributed by atoms with E-state index in [2.05, 4.69) is 133 Å². The normalized spacial score (nSPS) is 12.4. The summed E-state index contributed by atoms with van der Waals surface area (Å²) in [6.45, 7) is 0. The van der Waals surface area contributed by atoms with Gasteiger partial charge in [0.15, 0.2) is 0 Å². The van der Waals surface area contributed by atoms with Crippen LogP contribution in [0.3, 0.4) is 0 Å². The zero-order valence-electron chi connectivity index (χ0n) is 22.1. The summed E-state index contributed by atoms with van der Waals surface area (Å²) in [4.78, 5) is 0. The number of rotatable bonds is 2. The minimum Gasteiger partial charge on any atom is -0.456 e. The van der Waals surface area contributed by atoms with Crippen LogP contribution < -0.4 is 0 Å². The van der Waals surface area contributed by atoms with Crippen LogP contribution in [0.2, 0.25) is 0 Å². The summed E-state index contributed by atoms with van der Waals surface area (Å²) in [5.74, 6) is 0. The smallest absolute Gasteiger partial charge is 0.136 e. The van der Waals surface area contributed by atoms with E-state index in [0.29, 0.717) is 0 Å². The van der Waals surface area contributed by atoms with E-state index < -0.39 is 0 Å². The van der Waals surface area contributed by atoms with Gasteiger partial charge in [0.05, 0.1) is 0 Å². The summed E-state index contributed by atoms with van der Waals surface area (Å²) in [6.07, 6.45) is 0. The molecule has 0 aliphatic rings. The van der Waals surface area contributed by atoms with Crippen LogP contribution in [0, 0.1) is 0 Å². The summed E-state index contributed by atoms with van der Waals surface area (Å²) in [7, 11) is 0. The van der Waals surface area contributed by atoms with Crippen molar-refractivity contribution in [1.82, 2.24) is 0 Å². The van der Waals surface area contributed by atoms with Crippen LogP contribution >= 0.6 is 0 Å². The van der Waals surface area contributed by atoms with E-state index in [-0.39, 0.29) is 0 Å². The van der Waals surface area contributed by atoms with E-state index in [4.69, 9.17) is 4.42 Å². The van der Waals surface area contributed by atoms with Gasteiger partial charge >= 0.3 is 0 Å². The molecule has 1 heterocycles. The Balaban J connectivity index is 1.48. The Bertz CT molecular complexity index is 2560. The quantitative estimate of drug-likeness (QED) is 0.164. The summed E-state index contributed by atoms with van der Waals surface area (Å²) < 4.78 is 6.52. The van der Waals surface area contributed by atoms with Gasteiger partial charge < -0.3 is 4.42 Å². The molecule has 10 aromatic rings. The minimum atomic E-state index is 0.951. The summed E-state index contributed by atoms with van der Waals surface area (Å²) in [6, 6.07) is 48.7. The molecule has 41 heavy (non-hydrogen) atoms. The molecule has 1 aromatic heterocycles. The van der Waals surface area contributed by atoms with Crippen molar-refractivity contribution in [3.05, 3.63) is 133 Å². The van der Waals surface area contributed by atoms with Crippen molar-refractivity contribution in [2.75, 3.05) is 0 Å². The van der Waals surface area contributed by atoms with Crippen molar-refractivity contribution in [1.29, 1.82) is 0 Å². The van der Waals surface area contributed by atoms with Gasteiger partial charge in [0.1, 0.15) is 11.2 Å². The van der Waals surface area contributed by atoms with Crippen molar-refractivity contribution < 1.29 is 4.42 Å². The van der Waals surface area contributed by atoms with E-state index in [9.17, 15) is 0 Å². The summed E-state index contributed by atoms with van der Waals surface area (Å²) >= 11 is 0. The number of furan rings is 1. The van der Waals surface area contributed by atoms with Gasteiger partial charge in [-0.3, -0.25) is 0 Å². The van der Waals surface area contributed by atoms with Crippen molar-refractivity contribution in [3.8, 4) is 22.3 Å². The molecule has 0 bridgehead atoms. The molecule has 1 nitrogen and oxygen atoms in total. The maximum atomic E-state index is 6.52. The highest BCUT2D eigenvalue weighted by Gasteiger charge is 2.24. The van der Waals surface area contributed by atoms with Gasteiger partial charge in [-0.2, -0.15) is 0 Å². The summed E-state index contributed by atoms with van der Waals surface area (Å²) in [5, 5.41) is 15.3. The lowest BCUT2D eigenvalue weighted by molar-refractivity contribution is 0.669. The first-order chi connectivity index (χ1) is 20.4. The second-order valence-electron chi connectivity index (χ2n) is 11.2. The molecule has 0 aliphatic carbocycles. The predicted molar refractivity (Wildman–Crippen MR) is 174 cm³/mol. The molecule has 0 aliphatic heterocycles. The van der Waals surface area contributed by atoms with Gasteiger partial charge in [0.2, 0.25) is 0 Å². The van der Waals surface area contributed by atoms with Gasteiger partial charge in [-0.1, -0.05) is 115 Å². The highest BCUT2D eigenvalue weighted by molar-refractivity contribution is 6.41. The van der Waals surface area contributed by atoms with Crippen molar-refractivity contribution in [3.63, 3.8) is 0 Å². The zero-order valence-corrected chi connectivity index (χ0v) is 22.1. The third-order valence-corrected chi connectivity index (χ3v) is 9.16. The Labute approximate surface area is 235 Å². The molecule has 0 unspecified atom stereocenters. The van der Waals surface area contributed by atoms with Crippen LogP contribution in [0.25, 0.3) is 98.1 Å². The Morgan fingerprint density at radius 1 is 0.317 bits per heavy atom. The third-order valence-electron chi connectivity index (χ3n) is 9.16. The molecule has 0 atom stereocenters. The van der Waals surface area contributed by atoms with Crippen LogP contribution in [-0.4, -0.2) is 0 Å². The predicted octanol–water partition coefficient (Wildman–Crippen LogP) is 11.6. The molecule has 0 spiro atoms. The Kier molecular flexibility index (Phi) is 3.98. The number of fused-ring (bicyclic) bond motifs is 3. The van der Waals surface area contributed by atoms with Crippen LogP contribution in [0.4, 0.5) is 0 Å². The fourth-order valence-corrected chi connectivity index (χ4v) is 7.57. The van der Waals surface area contributed by atoms with Crippen molar-refractivity contribution in [2.24, 2.45) is 0 Å². The lowest BCUT2D eigenvalue weighted by atomic mass is 9.82. The van der Waals surface area contributed by atoms with Gasteiger partial charge in [0, 0.05) is 21.5 Å². The highest BCUT2D eigenvalue weighted by Crippen LogP contribution is 2.51. The van der Waals surface area contributed by atoms with Crippen LogP contribution in [0.1, 0.15) is 0 Å². The molecule has 0 amide bonds. The Hall–Kier alpha value is -5.40. The van der Waals surface area contributed by atoms with Crippen molar-refractivity contribution >= 4 is 75.8 Å². The largest absolute Gasteiger partial charge is 0.456 e. The lowest BCUT2D eigenvalue weighted by Crippen LogP contribution is -1.93. The maximum absolute atomic E-state index is 6.52. The number of hydrogen-bond acceptors (Lipinski definition) is 1. The topological polar surface area (TPSA) is 13.1 Å². The molecule has 0 saturated carbocycles. The maximum Gasteiger partial charge on any atom is 0.136 e. The van der Waals surface area contributed by atoms with E-state index in [1.165, 1.54) is 86.9 Å². The first-order valence-corrected chi connectivity index (χ1v) is 14.2. The first kappa shape index (κ1) is 21.4. The summed E-state index contributed by atoms with van der Waals surface area (Å²) in [5.41, 5.74) is 6.98. The number of hydrogen-bond donors (Lipinski definition) is 0. The molecule has 0 radical (unpaired) electrons. The minimum absolute atomic E-state index is 0.951. The molecular formula is C40H22O. The van der Waals surface area contributed by atoms with Crippen LogP contribution in [-0.2, 0) is 0 Å². The molecule has 9 aromatic carbocycles. The second kappa shape index (κ2) is 7.62. The van der Waals surface area contributed by atoms with Gasteiger partial charge in [-0.15, -0.1) is 0 Å². The fourth-order valence-electron chi connectivity index (χ4n) is 7.57. The van der Waals surface area contributed by atoms with E-state index in [1.807, 2.05) is 0 Å². The van der Waals surface area contributed by atoms with E-state index in [1.54, 1.807) is 0 Å². The molecular weight excluding hydrogens is 496 g/mol. The van der Waals surface area contributed by atoms with Crippen LogP contribution in [0.15, 0.2) is 138 Å². The third kappa shape index (κ3) is 2.66. The number of benzene rings is 9. The van der Waals surface area contributed by atoms with Gasteiger partial charge in [-0.05, 0) is 83.5 Å². The Morgan fingerprint density at radius 3 is 1.56 bits per heavy atom.